The molecule has 0 saturated heterocycles. The zero-order valence-corrected chi connectivity index (χ0v) is 22.8. The number of allylic oxidation sites excluding steroid dienone is 10. The first-order chi connectivity index (χ1) is 12.2. The Kier molecular flexibility index (Phi) is 6.11. The van der Waals surface area contributed by atoms with Gasteiger partial charge in [-0.05, 0) is 0 Å². The number of halogens is 2. The standard InChI is InChI=1S/C22H29Si.2ClH.Hf/c1-7-22(4)20(17-12-8-9-13-17)18-14-10-11-15(2)16(3)19(18)21(22)23(5)6;;;/h8-12,14,16H,7,13H2,1-6H3;2*1H;/q;;;+2/p-2. The molecule has 0 amide bonds. The second kappa shape index (κ2) is 7.58. The van der Waals surface area contributed by atoms with E-state index in [1.165, 1.54) is 16.7 Å². The van der Waals surface area contributed by atoms with Crippen LogP contribution < -0.4 is 0 Å². The summed E-state index contributed by atoms with van der Waals surface area (Å²) in [6.45, 7) is 14.4. The minimum atomic E-state index is -2.96. The van der Waals surface area contributed by atoms with E-state index in [4.69, 9.17) is 17.2 Å². The maximum atomic E-state index is 7.13. The fourth-order valence-corrected chi connectivity index (χ4v) is 20.9. The second-order valence-electron chi connectivity index (χ2n) is 8.21. The van der Waals surface area contributed by atoms with E-state index in [9.17, 15) is 0 Å². The molecule has 0 aromatic heterocycles. The van der Waals surface area contributed by atoms with Crippen LogP contribution in [-0.4, -0.2) is 13.6 Å². The summed E-state index contributed by atoms with van der Waals surface area (Å²) in [6.07, 6.45) is 15.8. The summed E-state index contributed by atoms with van der Waals surface area (Å²) in [6, 6.07) is 0. The average Bonchev–Trinajstić information content (AvgIpc) is 3.14. The van der Waals surface area contributed by atoms with Crippen molar-refractivity contribution in [2.24, 2.45) is 11.3 Å². The van der Waals surface area contributed by atoms with Crippen LogP contribution in [0.3, 0.4) is 0 Å². The van der Waals surface area contributed by atoms with Gasteiger partial charge in [0.05, 0.1) is 0 Å². The monoisotopic (exact) mass is 571 g/mol. The van der Waals surface area contributed by atoms with Crippen LogP contribution in [-0.2, 0) is 19.1 Å². The van der Waals surface area contributed by atoms with E-state index in [-0.39, 0.29) is 8.59 Å². The van der Waals surface area contributed by atoms with Crippen molar-refractivity contribution in [3.05, 3.63) is 58.7 Å². The Balaban J connectivity index is 2.45. The van der Waals surface area contributed by atoms with Gasteiger partial charge in [-0.3, -0.25) is 0 Å². The minimum absolute atomic E-state index is 0.0507. The summed E-state index contributed by atoms with van der Waals surface area (Å²) in [5, 5.41) is 1.70. The molecular weight excluding hydrogens is 542 g/mol. The summed E-state index contributed by atoms with van der Waals surface area (Å²) in [4.78, 5) is 0. The van der Waals surface area contributed by atoms with Crippen molar-refractivity contribution in [1.82, 2.24) is 0 Å². The molecule has 0 N–H and O–H groups in total. The molecule has 3 aliphatic rings. The molecule has 0 aromatic carbocycles. The zero-order valence-electron chi connectivity index (χ0n) is 16.7. The molecule has 0 nitrogen and oxygen atoms in total. The van der Waals surface area contributed by atoms with E-state index in [1.54, 1.807) is 10.7 Å². The fraction of sp³-hybridized carbons (Fsp3) is 0.500. The molecule has 0 heterocycles. The van der Waals surface area contributed by atoms with Gasteiger partial charge in [-0.2, -0.15) is 0 Å². The van der Waals surface area contributed by atoms with Crippen LogP contribution in [0, 0.1) is 11.3 Å². The third kappa shape index (κ3) is 2.73. The molecular formula is C22H29Cl2HfSi. The quantitative estimate of drug-likeness (QED) is 0.311. The molecule has 0 fully saturated rings. The van der Waals surface area contributed by atoms with Crippen molar-refractivity contribution in [1.29, 1.82) is 0 Å². The Hall–Kier alpha value is 0.237. The van der Waals surface area contributed by atoms with Crippen molar-refractivity contribution in [2.75, 3.05) is 0 Å². The van der Waals surface area contributed by atoms with Gasteiger partial charge in [0.25, 0.3) is 0 Å². The van der Waals surface area contributed by atoms with Crippen LogP contribution in [0.25, 0.3) is 0 Å². The molecule has 139 valence electrons. The van der Waals surface area contributed by atoms with Gasteiger partial charge in [0.15, 0.2) is 0 Å². The van der Waals surface area contributed by atoms with Crippen molar-refractivity contribution in [3.63, 3.8) is 0 Å². The van der Waals surface area contributed by atoms with Gasteiger partial charge in [-0.25, -0.2) is 0 Å². The van der Waals surface area contributed by atoms with Crippen molar-refractivity contribution in [2.45, 2.75) is 56.8 Å². The first-order valence-electron chi connectivity index (χ1n) is 9.55. The van der Waals surface area contributed by atoms with Crippen LogP contribution in [0.1, 0.15) is 40.5 Å². The molecule has 0 saturated carbocycles. The van der Waals surface area contributed by atoms with Gasteiger partial charge in [0, 0.05) is 0 Å². The first-order valence-corrected chi connectivity index (χ1v) is 22.8. The maximum absolute atomic E-state index is 7.13. The van der Waals surface area contributed by atoms with Gasteiger partial charge in [0.1, 0.15) is 0 Å². The van der Waals surface area contributed by atoms with Crippen molar-refractivity contribution < 1.29 is 19.1 Å². The van der Waals surface area contributed by atoms with Crippen LogP contribution in [0.4, 0.5) is 0 Å². The second-order valence-corrected chi connectivity index (χ2v) is 23.1. The van der Waals surface area contributed by atoms with Crippen LogP contribution in [0.15, 0.2) is 58.7 Å². The molecule has 4 heteroatoms. The van der Waals surface area contributed by atoms with Gasteiger partial charge in [-0.1, -0.05) is 0 Å². The fourth-order valence-electron chi connectivity index (χ4n) is 5.40. The third-order valence-electron chi connectivity index (χ3n) is 6.82. The Morgan fingerprint density at radius 3 is 2.42 bits per heavy atom. The molecule has 0 aliphatic heterocycles. The molecule has 26 heavy (non-hydrogen) atoms. The van der Waals surface area contributed by atoms with E-state index in [0.29, 0.717) is 5.92 Å². The van der Waals surface area contributed by atoms with Crippen LogP contribution in [0.2, 0.25) is 16.3 Å². The number of hydrogen-bond acceptors (Lipinski definition) is 0. The first kappa shape index (κ1) is 21.0. The SMILES string of the molecule is CCC1(C)C(=[Si](C)C)C2=C(C=CC=C(C)C2C)[C]1(C1=CC=CC1)[Hf]([Cl])[Cl]. The summed E-state index contributed by atoms with van der Waals surface area (Å²) < 4.78 is -0.130. The summed E-state index contributed by atoms with van der Waals surface area (Å²) >= 11 is -2.96. The van der Waals surface area contributed by atoms with E-state index in [2.05, 4.69) is 77.2 Å². The molecule has 3 atom stereocenters. The Morgan fingerprint density at radius 2 is 1.92 bits per heavy atom. The number of rotatable bonds is 3. The van der Waals surface area contributed by atoms with Crippen LogP contribution in [0.5, 0.6) is 0 Å². The average molecular weight is 571 g/mol. The predicted octanol–water partition coefficient (Wildman–Crippen LogP) is 7.34. The Labute approximate surface area is 175 Å². The summed E-state index contributed by atoms with van der Waals surface area (Å²) in [7, 11) is 13.6. The van der Waals surface area contributed by atoms with Crippen LogP contribution >= 0.6 is 17.2 Å². The third-order valence-corrected chi connectivity index (χ3v) is 19.4. The van der Waals surface area contributed by atoms with E-state index >= 15 is 0 Å². The van der Waals surface area contributed by atoms with Gasteiger partial charge < -0.3 is 0 Å². The molecule has 3 unspecified atom stereocenters. The van der Waals surface area contributed by atoms with E-state index in [0.717, 1.165) is 12.8 Å². The molecule has 3 rings (SSSR count). The van der Waals surface area contributed by atoms with Crippen molar-refractivity contribution >= 4 is 30.7 Å². The topological polar surface area (TPSA) is 0 Å². The van der Waals surface area contributed by atoms with Crippen molar-refractivity contribution in [3.8, 4) is 0 Å². The Morgan fingerprint density at radius 1 is 1.23 bits per heavy atom. The molecule has 0 bridgehead atoms. The Bertz CT molecular complexity index is 808. The number of hydrogen-bond donors (Lipinski definition) is 0. The normalized spacial score (nSPS) is 33.2. The van der Waals surface area contributed by atoms with E-state index in [1.807, 2.05) is 0 Å². The van der Waals surface area contributed by atoms with Gasteiger partial charge in [0.2, 0.25) is 0 Å². The predicted molar refractivity (Wildman–Crippen MR) is 116 cm³/mol. The van der Waals surface area contributed by atoms with E-state index < -0.39 is 27.5 Å². The summed E-state index contributed by atoms with van der Waals surface area (Å²) in [5.74, 6) is 0.441. The molecule has 0 radical (unpaired) electrons. The van der Waals surface area contributed by atoms with Gasteiger partial charge in [-0.15, -0.1) is 0 Å². The zero-order chi connectivity index (χ0) is 19.3. The molecule has 3 aliphatic carbocycles. The molecule has 0 aromatic rings. The summed E-state index contributed by atoms with van der Waals surface area (Å²) in [5.41, 5.74) is 6.00. The molecule has 0 spiro atoms. The van der Waals surface area contributed by atoms with Gasteiger partial charge >= 0.3 is 177 Å².